The fraction of sp³-hybridized carbons (Fsp3) is 0.417. The van der Waals surface area contributed by atoms with Crippen molar-refractivity contribution in [3.8, 4) is 17.1 Å². The van der Waals surface area contributed by atoms with E-state index in [9.17, 15) is 9.90 Å². The van der Waals surface area contributed by atoms with Crippen molar-refractivity contribution in [1.29, 1.82) is 0 Å². The Morgan fingerprint density at radius 2 is 2.21 bits per heavy atom. The first-order chi connectivity index (χ1) is 16.0. The van der Waals surface area contributed by atoms with Gasteiger partial charge >= 0.3 is 0 Å². The molecule has 174 valence electrons. The number of anilines is 1. The molecule has 4 rings (SSSR count). The molecular formula is C24H29N5O4. The monoisotopic (exact) mass is 451 g/mol. The van der Waals surface area contributed by atoms with Crippen molar-refractivity contribution < 1.29 is 19.4 Å². The van der Waals surface area contributed by atoms with Crippen LogP contribution in [0.4, 0.5) is 5.82 Å². The smallest absolute Gasteiger partial charge is 0.258 e. The molecule has 2 unspecified atom stereocenters. The third-order valence-corrected chi connectivity index (χ3v) is 5.58. The summed E-state index contributed by atoms with van der Waals surface area (Å²) in [7, 11) is 1.77. The number of hydrogen-bond acceptors (Lipinski definition) is 8. The SMILES string of the molecule is CNCC(O)COc1cccc(-c2nc(N[C@@H]3CCOC3)c(C)c(C3C=CC=NC3=O)n2)c1. The molecule has 0 saturated carbocycles. The first-order valence-electron chi connectivity index (χ1n) is 11.1. The van der Waals surface area contributed by atoms with Crippen LogP contribution in [0.1, 0.15) is 23.6 Å². The second-order valence-corrected chi connectivity index (χ2v) is 8.14. The largest absolute Gasteiger partial charge is 0.491 e. The van der Waals surface area contributed by atoms with Crippen molar-refractivity contribution >= 4 is 17.9 Å². The van der Waals surface area contributed by atoms with Crippen LogP contribution in [-0.4, -0.2) is 72.8 Å². The van der Waals surface area contributed by atoms with Gasteiger partial charge in [0.25, 0.3) is 5.91 Å². The van der Waals surface area contributed by atoms with Crippen LogP contribution in [0.15, 0.2) is 41.4 Å². The number of aliphatic hydroxyl groups excluding tert-OH is 1. The highest BCUT2D eigenvalue weighted by atomic mass is 16.5. The van der Waals surface area contributed by atoms with E-state index in [1.165, 1.54) is 6.21 Å². The van der Waals surface area contributed by atoms with Crippen molar-refractivity contribution in [2.75, 3.05) is 38.7 Å². The Morgan fingerprint density at radius 1 is 1.33 bits per heavy atom. The molecule has 2 aliphatic heterocycles. The minimum absolute atomic E-state index is 0.151. The summed E-state index contributed by atoms with van der Waals surface area (Å²) in [4.78, 5) is 26.0. The van der Waals surface area contributed by atoms with E-state index in [4.69, 9.17) is 19.4 Å². The number of rotatable bonds is 9. The predicted octanol–water partition coefficient (Wildman–Crippen LogP) is 1.86. The van der Waals surface area contributed by atoms with Crippen molar-refractivity contribution in [2.24, 2.45) is 4.99 Å². The highest BCUT2D eigenvalue weighted by Crippen LogP contribution is 2.31. The molecule has 3 heterocycles. The molecule has 9 nitrogen and oxygen atoms in total. The number of allylic oxidation sites excluding steroid dienone is 1. The second-order valence-electron chi connectivity index (χ2n) is 8.14. The Kier molecular flexibility index (Phi) is 7.43. The minimum atomic E-state index is -0.616. The number of benzene rings is 1. The zero-order valence-corrected chi connectivity index (χ0v) is 18.8. The third kappa shape index (κ3) is 5.62. The van der Waals surface area contributed by atoms with E-state index in [0.29, 0.717) is 42.8 Å². The third-order valence-electron chi connectivity index (χ3n) is 5.58. The number of hydrogen-bond donors (Lipinski definition) is 3. The van der Waals surface area contributed by atoms with Crippen molar-refractivity contribution in [1.82, 2.24) is 15.3 Å². The Balaban J connectivity index is 1.67. The summed E-state index contributed by atoms with van der Waals surface area (Å²) in [6.45, 7) is 3.84. The van der Waals surface area contributed by atoms with Gasteiger partial charge in [0.05, 0.1) is 18.3 Å². The first kappa shape index (κ1) is 23.0. The van der Waals surface area contributed by atoms with Gasteiger partial charge in [-0.2, -0.15) is 0 Å². The number of aliphatic imine (C=N–C) groups is 1. The molecule has 1 amide bonds. The molecular weight excluding hydrogens is 422 g/mol. The van der Waals surface area contributed by atoms with Gasteiger partial charge < -0.3 is 25.2 Å². The summed E-state index contributed by atoms with van der Waals surface area (Å²) in [5, 5.41) is 16.3. The standard InChI is InChI=1S/C24H29N5O4/c1-15-21(20-7-4-9-26-24(20)31)28-23(29-22(15)27-17-8-10-32-13-17)16-5-3-6-19(11-16)33-14-18(30)12-25-2/h3-7,9,11,17-18,20,25,30H,8,10,12-14H2,1-2H3,(H,27,28,29)/t17-,18?,20?/m1/s1. The number of aromatic nitrogens is 2. The van der Waals surface area contributed by atoms with E-state index in [1.807, 2.05) is 31.2 Å². The lowest BCUT2D eigenvalue weighted by atomic mass is 9.97. The van der Waals surface area contributed by atoms with Gasteiger partial charge in [-0.3, -0.25) is 4.79 Å². The average Bonchev–Trinajstić information content (AvgIpc) is 3.33. The van der Waals surface area contributed by atoms with Gasteiger partial charge in [-0.1, -0.05) is 18.2 Å². The van der Waals surface area contributed by atoms with E-state index in [0.717, 1.165) is 17.5 Å². The molecule has 0 spiro atoms. The van der Waals surface area contributed by atoms with Crippen LogP contribution >= 0.6 is 0 Å². The van der Waals surface area contributed by atoms with Crippen LogP contribution in [-0.2, 0) is 9.53 Å². The Bertz CT molecular complexity index is 1050. The summed E-state index contributed by atoms with van der Waals surface area (Å²) in [6, 6.07) is 7.55. The summed E-state index contributed by atoms with van der Waals surface area (Å²) in [5.41, 5.74) is 2.18. The lowest BCUT2D eigenvalue weighted by Gasteiger charge is -2.20. The molecule has 3 atom stereocenters. The van der Waals surface area contributed by atoms with Crippen LogP contribution in [0.2, 0.25) is 0 Å². The van der Waals surface area contributed by atoms with Crippen molar-refractivity contribution in [3.05, 3.63) is 47.7 Å². The molecule has 0 radical (unpaired) electrons. The molecule has 33 heavy (non-hydrogen) atoms. The Labute approximate surface area is 193 Å². The molecule has 1 aromatic heterocycles. The molecule has 1 fully saturated rings. The molecule has 0 bridgehead atoms. The van der Waals surface area contributed by atoms with Gasteiger partial charge in [-0.05, 0) is 38.6 Å². The van der Waals surface area contributed by atoms with Crippen LogP contribution < -0.4 is 15.4 Å². The highest BCUT2D eigenvalue weighted by Gasteiger charge is 2.26. The number of nitrogens with one attached hydrogen (secondary N) is 2. The topological polar surface area (TPSA) is 118 Å². The van der Waals surface area contributed by atoms with Gasteiger partial charge in [0.2, 0.25) is 0 Å². The maximum atomic E-state index is 12.5. The molecule has 9 heteroatoms. The zero-order valence-electron chi connectivity index (χ0n) is 18.8. The van der Waals surface area contributed by atoms with Crippen molar-refractivity contribution in [3.63, 3.8) is 0 Å². The molecule has 2 aliphatic rings. The molecule has 1 aromatic carbocycles. The highest BCUT2D eigenvalue weighted by molar-refractivity contribution is 5.97. The lowest BCUT2D eigenvalue weighted by Crippen LogP contribution is -2.29. The predicted molar refractivity (Wildman–Crippen MR) is 126 cm³/mol. The van der Waals surface area contributed by atoms with Gasteiger partial charge in [-0.25, -0.2) is 15.0 Å². The van der Waals surface area contributed by atoms with Crippen LogP contribution in [0, 0.1) is 6.92 Å². The summed E-state index contributed by atoms with van der Waals surface area (Å²) < 4.78 is 11.2. The fourth-order valence-electron chi connectivity index (χ4n) is 3.81. The normalized spacial score (nSPS) is 20.8. The zero-order chi connectivity index (χ0) is 23.2. The number of nitrogens with zero attached hydrogens (tertiary/aromatic N) is 3. The van der Waals surface area contributed by atoms with Crippen LogP contribution in [0.5, 0.6) is 5.75 Å². The second kappa shape index (κ2) is 10.7. The Hall–Kier alpha value is -3.14. The Morgan fingerprint density at radius 3 is 2.97 bits per heavy atom. The number of carbonyl (C=O) groups is 1. The van der Waals surface area contributed by atoms with Crippen LogP contribution in [0.3, 0.4) is 0 Å². The van der Waals surface area contributed by atoms with Crippen molar-refractivity contribution in [2.45, 2.75) is 31.4 Å². The maximum absolute atomic E-state index is 12.5. The van der Waals surface area contributed by atoms with Gasteiger partial charge in [0.15, 0.2) is 5.82 Å². The van der Waals surface area contributed by atoms with E-state index < -0.39 is 12.0 Å². The molecule has 3 N–H and O–H groups in total. The quantitative estimate of drug-likeness (QED) is 0.529. The minimum Gasteiger partial charge on any atom is -0.491 e. The number of amides is 1. The van der Waals surface area contributed by atoms with Gasteiger partial charge in [0, 0.05) is 30.5 Å². The van der Waals surface area contributed by atoms with E-state index in [1.54, 1.807) is 19.2 Å². The fourth-order valence-corrected chi connectivity index (χ4v) is 3.81. The van der Waals surface area contributed by atoms with E-state index in [2.05, 4.69) is 15.6 Å². The average molecular weight is 452 g/mol. The summed E-state index contributed by atoms with van der Waals surface area (Å²) in [5.74, 6) is 0.945. The number of carbonyl (C=O) groups excluding carboxylic acids is 1. The molecule has 0 aliphatic carbocycles. The lowest BCUT2D eigenvalue weighted by molar-refractivity contribution is -0.118. The van der Waals surface area contributed by atoms with Gasteiger partial charge in [0.1, 0.15) is 30.2 Å². The molecule has 1 saturated heterocycles. The first-order valence-corrected chi connectivity index (χ1v) is 11.1. The summed E-state index contributed by atoms with van der Waals surface area (Å²) >= 11 is 0. The van der Waals surface area contributed by atoms with E-state index in [-0.39, 0.29) is 18.6 Å². The van der Waals surface area contributed by atoms with Gasteiger partial charge in [-0.15, -0.1) is 0 Å². The molecule has 2 aromatic rings. The summed E-state index contributed by atoms with van der Waals surface area (Å²) in [6.07, 6.45) is 5.33. The number of likely N-dealkylation sites (N-methyl/N-ethyl adjacent to an activating group) is 1. The number of dihydropyridines is 1. The van der Waals surface area contributed by atoms with Crippen LogP contribution in [0.25, 0.3) is 11.4 Å². The number of ether oxygens (including phenoxy) is 2. The van der Waals surface area contributed by atoms with E-state index >= 15 is 0 Å². The maximum Gasteiger partial charge on any atom is 0.258 e. The number of aliphatic hydroxyl groups is 1.